The fourth-order valence-electron chi connectivity index (χ4n) is 1.62. The van der Waals surface area contributed by atoms with Crippen molar-refractivity contribution in [1.29, 1.82) is 0 Å². The number of carboxylic acid groups (broad SMARTS) is 1. The second-order valence-electron chi connectivity index (χ2n) is 3.98. The summed E-state index contributed by atoms with van der Waals surface area (Å²) in [6.07, 6.45) is 0.272. The van der Waals surface area contributed by atoms with E-state index in [1.165, 1.54) is 0 Å². The lowest BCUT2D eigenvalue weighted by molar-refractivity contribution is -0.142. The van der Waals surface area contributed by atoms with Crippen molar-refractivity contribution in [3.63, 3.8) is 0 Å². The van der Waals surface area contributed by atoms with E-state index in [0.29, 0.717) is 5.56 Å². The van der Waals surface area contributed by atoms with Crippen LogP contribution in [0.3, 0.4) is 0 Å². The molecule has 1 aromatic carbocycles. The first-order valence-electron chi connectivity index (χ1n) is 5.55. The standard InChI is InChI=1S/C13H17NO3/c1-4-11(15)14-12(13(16)17)10-7-5-6-8(2)9(10)3/h5-7,12H,4H2,1-3H3,(H,14,15)(H,16,17). The largest absolute Gasteiger partial charge is 0.479 e. The second-order valence-corrected chi connectivity index (χ2v) is 3.98. The topological polar surface area (TPSA) is 66.4 Å². The molecule has 4 nitrogen and oxygen atoms in total. The lowest BCUT2D eigenvalue weighted by Crippen LogP contribution is -2.33. The second kappa shape index (κ2) is 5.48. The van der Waals surface area contributed by atoms with Crippen LogP contribution in [0.5, 0.6) is 0 Å². The van der Waals surface area contributed by atoms with Crippen LogP contribution in [0.2, 0.25) is 0 Å². The molecular formula is C13H17NO3. The molecule has 0 aliphatic rings. The first-order chi connectivity index (χ1) is 7.97. The molecule has 0 saturated heterocycles. The van der Waals surface area contributed by atoms with Crippen molar-refractivity contribution < 1.29 is 14.7 Å². The van der Waals surface area contributed by atoms with Crippen LogP contribution in [0.4, 0.5) is 0 Å². The molecule has 1 rings (SSSR count). The van der Waals surface area contributed by atoms with E-state index in [9.17, 15) is 14.7 Å². The third-order valence-corrected chi connectivity index (χ3v) is 2.83. The van der Waals surface area contributed by atoms with E-state index in [1.807, 2.05) is 19.9 Å². The van der Waals surface area contributed by atoms with Crippen LogP contribution >= 0.6 is 0 Å². The van der Waals surface area contributed by atoms with Crippen molar-refractivity contribution in [2.45, 2.75) is 33.2 Å². The number of benzene rings is 1. The van der Waals surface area contributed by atoms with Crippen LogP contribution in [-0.4, -0.2) is 17.0 Å². The molecule has 0 aliphatic heterocycles. The first-order valence-corrected chi connectivity index (χ1v) is 5.55. The number of hydrogen-bond acceptors (Lipinski definition) is 2. The van der Waals surface area contributed by atoms with Gasteiger partial charge in [0, 0.05) is 6.42 Å². The Labute approximate surface area is 101 Å². The Kier molecular flexibility index (Phi) is 4.26. The third-order valence-electron chi connectivity index (χ3n) is 2.83. The van der Waals surface area contributed by atoms with Crippen LogP contribution in [0, 0.1) is 13.8 Å². The number of rotatable bonds is 4. The lowest BCUT2D eigenvalue weighted by atomic mass is 9.97. The van der Waals surface area contributed by atoms with Crippen molar-refractivity contribution in [3.05, 3.63) is 34.9 Å². The zero-order valence-corrected chi connectivity index (χ0v) is 10.3. The number of carboxylic acids is 1. The highest BCUT2D eigenvalue weighted by Crippen LogP contribution is 2.20. The van der Waals surface area contributed by atoms with E-state index in [0.717, 1.165) is 11.1 Å². The van der Waals surface area contributed by atoms with Crippen molar-refractivity contribution in [1.82, 2.24) is 5.32 Å². The minimum atomic E-state index is -1.04. The molecule has 1 aromatic rings. The summed E-state index contributed by atoms with van der Waals surface area (Å²) in [6.45, 7) is 5.47. The van der Waals surface area contributed by atoms with Gasteiger partial charge in [0.1, 0.15) is 0 Å². The van der Waals surface area contributed by atoms with Gasteiger partial charge in [-0.05, 0) is 30.5 Å². The van der Waals surface area contributed by atoms with Gasteiger partial charge in [0.25, 0.3) is 0 Å². The number of carbonyl (C=O) groups excluding carboxylic acids is 1. The summed E-state index contributed by atoms with van der Waals surface area (Å²) in [5.41, 5.74) is 2.55. The average molecular weight is 235 g/mol. The van der Waals surface area contributed by atoms with Crippen molar-refractivity contribution in [3.8, 4) is 0 Å². The molecule has 17 heavy (non-hydrogen) atoms. The molecule has 4 heteroatoms. The van der Waals surface area contributed by atoms with E-state index < -0.39 is 12.0 Å². The number of hydrogen-bond donors (Lipinski definition) is 2. The molecule has 0 fully saturated rings. The maximum atomic E-state index is 11.3. The van der Waals surface area contributed by atoms with Gasteiger partial charge >= 0.3 is 5.97 Å². The smallest absolute Gasteiger partial charge is 0.330 e. The van der Waals surface area contributed by atoms with Gasteiger partial charge in [0.05, 0.1) is 0 Å². The molecule has 92 valence electrons. The maximum Gasteiger partial charge on any atom is 0.330 e. The van der Waals surface area contributed by atoms with E-state index in [4.69, 9.17) is 0 Å². The van der Waals surface area contributed by atoms with Crippen LogP contribution < -0.4 is 5.32 Å². The van der Waals surface area contributed by atoms with Gasteiger partial charge in [-0.3, -0.25) is 4.79 Å². The number of aryl methyl sites for hydroxylation is 1. The molecule has 0 aliphatic carbocycles. The number of aliphatic carboxylic acids is 1. The lowest BCUT2D eigenvalue weighted by Gasteiger charge is -2.17. The average Bonchev–Trinajstić information content (AvgIpc) is 2.29. The van der Waals surface area contributed by atoms with E-state index in [1.54, 1.807) is 19.1 Å². The number of nitrogens with one attached hydrogen (secondary N) is 1. The van der Waals surface area contributed by atoms with Crippen LogP contribution in [0.15, 0.2) is 18.2 Å². The summed E-state index contributed by atoms with van der Waals surface area (Å²) >= 11 is 0. The fraction of sp³-hybridized carbons (Fsp3) is 0.385. The fourth-order valence-corrected chi connectivity index (χ4v) is 1.62. The molecule has 1 atom stereocenters. The molecular weight excluding hydrogens is 218 g/mol. The SMILES string of the molecule is CCC(=O)NC(C(=O)O)c1cccc(C)c1C. The maximum absolute atomic E-state index is 11.3. The third kappa shape index (κ3) is 3.06. The Bertz CT molecular complexity index is 440. The summed E-state index contributed by atoms with van der Waals surface area (Å²) in [5.74, 6) is -1.31. The van der Waals surface area contributed by atoms with Gasteiger partial charge in [0.15, 0.2) is 6.04 Å². The van der Waals surface area contributed by atoms with Crippen LogP contribution in [0.1, 0.15) is 36.1 Å². The van der Waals surface area contributed by atoms with Crippen LogP contribution in [0.25, 0.3) is 0 Å². The van der Waals surface area contributed by atoms with Gasteiger partial charge in [-0.25, -0.2) is 4.79 Å². The van der Waals surface area contributed by atoms with E-state index >= 15 is 0 Å². The molecule has 0 heterocycles. The molecule has 2 N–H and O–H groups in total. The summed E-state index contributed by atoms with van der Waals surface area (Å²) in [6, 6.07) is 4.48. The molecule has 1 unspecified atom stereocenters. The Morgan fingerprint density at radius 3 is 2.53 bits per heavy atom. The predicted molar refractivity (Wildman–Crippen MR) is 64.7 cm³/mol. The zero-order valence-electron chi connectivity index (χ0n) is 10.3. The van der Waals surface area contributed by atoms with E-state index in [2.05, 4.69) is 5.32 Å². The van der Waals surface area contributed by atoms with E-state index in [-0.39, 0.29) is 12.3 Å². The molecule has 0 aromatic heterocycles. The first kappa shape index (κ1) is 13.2. The minimum Gasteiger partial charge on any atom is -0.479 e. The summed E-state index contributed by atoms with van der Waals surface area (Å²) in [4.78, 5) is 22.5. The normalized spacial score (nSPS) is 11.9. The minimum absolute atomic E-state index is 0.265. The highest BCUT2D eigenvalue weighted by atomic mass is 16.4. The highest BCUT2D eigenvalue weighted by Gasteiger charge is 2.23. The Morgan fingerprint density at radius 1 is 1.35 bits per heavy atom. The molecule has 0 saturated carbocycles. The molecule has 1 amide bonds. The van der Waals surface area contributed by atoms with Gasteiger partial charge in [-0.2, -0.15) is 0 Å². The monoisotopic (exact) mass is 235 g/mol. The number of amides is 1. The quantitative estimate of drug-likeness (QED) is 0.838. The van der Waals surface area contributed by atoms with Crippen molar-refractivity contribution in [2.24, 2.45) is 0 Å². The summed E-state index contributed by atoms with van der Waals surface area (Å²) in [7, 11) is 0. The van der Waals surface area contributed by atoms with Crippen LogP contribution in [-0.2, 0) is 9.59 Å². The van der Waals surface area contributed by atoms with Gasteiger partial charge < -0.3 is 10.4 Å². The molecule has 0 spiro atoms. The van der Waals surface area contributed by atoms with Gasteiger partial charge in [-0.15, -0.1) is 0 Å². The Balaban J connectivity index is 3.10. The van der Waals surface area contributed by atoms with Crippen molar-refractivity contribution >= 4 is 11.9 Å². The number of carbonyl (C=O) groups is 2. The Hall–Kier alpha value is -1.84. The zero-order chi connectivity index (χ0) is 13.0. The van der Waals surface area contributed by atoms with Gasteiger partial charge in [-0.1, -0.05) is 25.1 Å². The Morgan fingerprint density at radius 2 is 2.00 bits per heavy atom. The summed E-state index contributed by atoms with van der Waals surface area (Å²) < 4.78 is 0. The van der Waals surface area contributed by atoms with Crippen molar-refractivity contribution in [2.75, 3.05) is 0 Å². The predicted octanol–water partition coefficient (Wildman–Crippen LogP) is 1.96. The molecule has 0 bridgehead atoms. The molecule has 0 radical (unpaired) electrons. The summed E-state index contributed by atoms with van der Waals surface area (Å²) in [5, 5.41) is 11.7. The highest BCUT2D eigenvalue weighted by molar-refractivity contribution is 5.84. The van der Waals surface area contributed by atoms with Gasteiger partial charge in [0.2, 0.25) is 5.91 Å².